The molecule has 3 aromatic rings. The molecule has 1 spiro atoms. The van der Waals surface area contributed by atoms with E-state index in [9.17, 15) is 4.79 Å². The number of aromatic nitrogens is 3. The van der Waals surface area contributed by atoms with Crippen LogP contribution in [0, 0.1) is 13.8 Å². The molecule has 1 N–H and O–H groups in total. The minimum Gasteiger partial charge on any atom is -0.368 e. The van der Waals surface area contributed by atoms with Gasteiger partial charge in [0.05, 0.1) is 5.69 Å². The van der Waals surface area contributed by atoms with Crippen LogP contribution < -0.4 is 10.2 Å². The highest BCUT2D eigenvalue weighted by Crippen LogP contribution is 2.42. The molecule has 0 atom stereocenters. The molecular formula is C33H49N5O. The maximum absolute atomic E-state index is 10.0. The zero-order chi connectivity index (χ0) is 28.0. The van der Waals surface area contributed by atoms with Crippen molar-refractivity contribution in [3.8, 4) is 0 Å². The van der Waals surface area contributed by atoms with Crippen LogP contribution in [0.3, 0.4) is 0 Å². The molecule has 0 unspecified atom stereocenters. The molecule has 1 saturated heterocycles. The summed E-state index contributed by atoms with van der Waals surface area (Å²) in [5.41, 5.74) is 9.70. The fourth-order valence-electron chi connectivity index (χ4n) is 5.63. The number of anilines is 1. The molecule has 6 nitrogen and oxygen atoms in total. The highest BCUT2D eigenvalue weighted by Gasteiger charge is 2.45. The quantitative estimate of drug-likeness (QED) is 0.366. The van der Waals surface area contributed by atoms with E-state index in [1.807, 2.05) is 13.1 Å². The van der Waals surface area contributed by atoms with Gasteiger partial charge in [0.15, 0.2) is 0 Å². The Kier molecular flexibility index (Phi) is 9.81. The van der Waals surface area contributed by atoms with E-state index in [0.717, 1.165) is 50.4 Å². The fourth-order valence-corrected chi connectivity index (χ4v) is 5.63. The molecule has 39 heavy (non-hydrogen) atoms. The topological polar surface area (TPSA) is 62.5 Å². The van der Waals surface area contributed by atoms with Gasteiger partial charge in [-0.1, -0.05) is 33.3 Å². The van der Waals surface area contributed by atoms with Crippen LogP contribution in [0.2, 0.25) is 0 Å². The number of hydrogen-bond donors (Lipinski definition) is 1. The monoisotopic (exact) mass is 531 g/mol. The minimum atomic E-state index is 0.289. The molecule has 0 radical (unpaired) electrons. The lowest BCUT2D eigenvalue weighted by Gasteiger charge is -2.37. The van der Waals surface area contributed by atoms with E-state index < -0.39 is 0 Å². The van der Waals surface area contributed by atoms with Crippen LogP contribution in [0.4, 0.5) is 5.69 Å². The molecular weight excluding hydrogens is 482 g/mol. The predicted molar refractivity (Wildman–Crippen MR) is 162 cm³/mol. The highest BCUT2D eigenvalue weighted by atomic mass is 16.1. The summed E-state index contributed by atoms with van der Waals surface area (Å²) in [6, 6.07) is 4.55. The molecule has 3 fully saturated rings. The highest BCUT2D eigenvalue weighted by molar-refractivity contribution is 5.75. The van der Waals surface area contributed by atoms with Gasteiger partial charge in [0.2, 0.25) is 0 Å². The first-order valence-electron chi connectivity index (χ1n) is 15.2. The van der Waals surface area contributed by atoms with E-state index in [1.165, 1.54) is 72.4 Å². The number of aryl methyl sites for hydroxylation is 3. The van der Waals surface area contributed by atoms with Gasteiger partial charge >= 0.3 is 0 Å². The van der Waals surface area contributed by atoms with Gasteiger partial charge in [0.25, 0.3) is 0 Å². The number of Topliss-reactive ketones (excluding diaryl/α,β-unsaturated/α-hetero) is 1. The molecule has 6 rings (SSSR count). The molecule has 212 valence electrons. The van der Waals surface area contributed by atoms with Crippen molar-refractivity contribution in [1.29, 1.82) is 0 Å². The molecule has 1 aliphatic heterocycles. The molecule has 0 amide bonds. The summed E-state index contributed by atoms with van der Waals surface area (Å²) < 4.78 is 2.20. The van der Waals surface area contributed by atoms with Crippen molar-refractivity contribution in [3.05, 3.63) is 58.8 Å². The molecule has 3 aliphatic rings. The van der Waals surface area contributed by atoms with E-state index in [2.05, 4.69) is 76.8 Å². The van der Waals surface area contributed by atoms with Gasteiger partial charge in [-0.25, -0.2) is 4.98 Å². The third-order valence-corrected chi connectivity index (χ3v) is 8.10. The summed E-state index contributed by atoms with van der Waals surface area (Å²) in [6.45, 7) is 15.7. The number of carbonyl (C=O) groups excluding carboxylic acids is 1. The van der Waals surface area contributed by atoms with E-state index in [4.69, 9.17) is 0 Å². The maximum Gasteiger partial charge on any atom is 0.140 e. The first-order valence-corrected chi connectivity index (χ1v) is 15.2. The number of fused-ring (bicyclic) bond motifs is 1. The first-order chi connectivity index (χ1) is 18.8. The number of pyridine rings is 2. The van der Waals surface area contributed by atoms with Crippen molar-refractivity contribution in [2.75, 3.05) is 24.5 Å². The SMILES string of the molecule is CCCC(C)=O.CCCc1c(N2CCNC3(CC3)C2)ccnc1C.CCc1cc(C2CC2)c2nc(C)cn2c1. The number of piperazine rings is 1. The second kappa shape index (κ2) is 13.1. The Balaban J connectivity index is 0.000000152. The third-order valence-electron chi connectivity index (χ3n) is 8.10. The number of imidazole rings is 1. The summed E-state index contributed by atoms with van der Waals surface area (Å²) in [6.07, 6.45) is 16.8. The lowest BCUT2D eigenvalue weighted by atomic mass is 10.0. The van der Waals surface area contributed by atoms with Crippen LogP contribution in [0.25, 0.3) is 5.65 Å². The minimum absolute atomic E-state index is 0.289. The number of carbonyl (C=O) groups is 1. The normalized spacial score (nSPS) is 17.3. The van der Waals surface area contributed by atoms with Gasteiger partial charge in [0, 0.05) is 61.6 Å². The summed E-state index contributed by atoms with van der Waals surface area (Å²) in [5, 5.41) is 3.68. The third kappa shape index (κ3) is 7.69. The Morgan fingerprint density at radius 1 is 1.13 bits per heavy atom. The second-order valence-corrected chi connectivity index (χ2v) is 11.8. The number of hydrogen-bond acceptors (Lipinski definition) is 5. The zero-order valence-corrected chi connectivity index (χ0v) is 25.1. The molecule has 0 bridgehead atoms. The average molecular weight is 532 g/mol. The summed E-state index contributed by atoms with van der Waals surface area (Å²) in [4.78, 5) is 21.7. The van der Waals surface area contributed by atoms with E-state index in [1.54, 1.807) is 6.92 Å². The number of nitrogens with zero attached hydrogens (tertiary/aromatic N) is 4. The van der Waals surface area contributed by atoms with Gasteiger partial charge in [-0.2, -0.15) is 0 Å². The van der Waals surface area contributed by atoms with Crippen LogP contribution in [0.15, 0.2) is 30.7 Å². The molecule has 4 heterocycles. The molecule has 0 aromatic carbocycles. The van der Waals surface area contributed by atoms with E-state index >= 15 is 0 Å². The Labute approximate surface area is 235 Å². The smallest absolute Gasteiger partial charge is 0.140 e. The number of nitrogens with one attached hydrogen (secondary N) is 1. The predicted octanol–water partition coefficient (Wildman–Crippen LogP) is 6.74. The van der Waals surface area contributed by atoms with Crippen molar-refractivity contribution < 1.29 is 4.79 Å². The van der Waals surface area contributed by atoms with Crippen LogP contribution in [-0.4, -0.2) is 45.3 Å². The van der Waals surface area contributed by atoms with Gasteiger partial charge < -0.3 is 19.4 Å². The number of ketones is 1. The van der Waals surface area contributed by atoms with E-state index in [-0.39, 0.29) is 5.78 Å². The Bertz CT molecular complexity index is 1250. The Morgan fingerprint density at radius 2 is 1.90 bits per heavy atom. The van der Waals surface area contributed by atoms with Gasteiger partial charge in [-0.05, 0) is 94.4 Å². The second-order valence-electron chi connectivity index (χ2n) is 11.8. The van der Waals surface area contributed by atoms with Crippen molar-refractivity contribution in [2.45, 2.75) is 111 Å². The Morgan fingerprint density at radius 3 is 2.49 bits per heavy atom. The van der Waals surface area contributed by atoms with Crippen molar-refractivity contribution >= 4 is 17.1 Å². The maximum atomic E-state index is 10.0. The fraction of sp³-hybridized carbons (Fsp3) is 0.606. The first kappa shape index (κ1) is 29.3. The van der Waals surface area contributed by atoms with Crippen LogP contribution in [0.1, 0.15) is 107 Å². The Hall–Kier alpha value is -2.73. The van der Waals surface area contributed by atoms with Gasteiger partial charge in [0.1, 0.15) is 11.4 Å². The number of rotatable bonds is 7. The van der Waals surface area contributed by atoms with Crippen molar-refractivity contribution in [2.24, 2.45) is 0 Å². The lowest BCUT2D eigenvalue weighted by Crippen LogP contribution is -2.52. The largest absolute Gasteiger partial charge is 0.368 e. The van der Waals surface area contributed by atoms with Gasteiger partial charge in [-0.3, -0.25) is 4.98 Å². The molecule has 6 heteroatoms. The summed E-state index contributed by atoms with van der Waals surface area (Å²) >= 11 is 0. The standard InChI is InChI=1S/C15H23N3.C13H16N2.C5H10O/c1-3-4-13-12(2)16-8-5-14(13)18-10-9-17-15(11-18)6-7-15;1-3-10-6-12(11-4-5-11)13-14-9(2)7-15(13)8-10;1-3-4-5(2)6/h5,8,17H,3-4,6-7,9-11H2,1-2H3;6-8,11H,3-5H2,1-2H3;3-4H2,1-2H3. The average Bonchev–Trinajstić information content (AvgIpc) is 3.84. The zero-order valence-electron chi connectivity index (χ0n) is 25.1. The molecule has 2 aliphatic carbocycles. The van der Waals surface area contributed by atoms with Gasteiger partial charge in [-0.15, -0.1) is 0 Å². The summed E-state index contributed by atoms with van der Waals surface area (Å²) in [7, 11) is 0. The molecule has 2 saturated carbocycles. The van der Waals surface area contributed by atoms with Crippen LogP contribution in [0.5, 0.6) is 0 Å². The van der Waals surface area contributed by atoms with Crippen LogP contribution >= 0.6 is 0 Å². The summed E-state index contributed by atoms with van der Waals surface area (Å²) in [5.74, 6) is 1.07. The van der Waals surface area contributed by atoms with Crippen molar-refractivity contribution in [1.82, 2.24) is 19.7 Å². The van der Waals surface area contributed by atoms with Crippen molar-refractivity contribution in [3.63, 3.8) is 0 Å². The van der Waals surface area contributed by atoms with E-state index in [0.29, 0.717) is 5.54 Å². The molecule has 3 aromatic heterocycles. The van der Waals surface area contributed by atoms with Crippen LogP contribution in [-0.2, 0) is 17.6 Å². The lowest BCUT2D eigenvalue weighted by molar-refractivity contribution is -0.117.